The molecule has 0 aromatic carbocycles. The summed E-state index contributed by atoms with van der Waals surface area (Å²) in [6, 6.07) is 0. The molecule has 82 valence electrons. The van der Waals surface area contributed by atoms with Crippen LogP contribution in [0.15, 0.2) is 28.4 Å². The fourth-order valence-electron chi connectivity index (χ4n) is 1.97. The van der Waals surface area contributed by atoms with E-state index in [0.29, 0.717) is 5.41 Å². The highest BCUT2D eigenvalue weighted by Gasteiger charge is 2.22. The lowest BCUT2D eigenvalue weighted by Crippen LogP contribution is -2.10. The predicted molar refractivity (Wildman–Crippen MR) is 66.1 cm³/mol. The third-order valence-corrected chi connectivity index (χ3v) is 3.39. The molecule has 0 saturated carbocycles. The third kappa shape index (κ3) is 2.58. The Hall–Kier alpha value is -0.850. The zero-order valence-corrected chi connectivity index (χ0v) is 10.1. The second kappa shape index (κ2) is 3.96. The highest BCUT2D eigenvalue weighted by atomic mass is 14.7. The summed E-state index contributed by atoms with van der Waals surface area (Å²) in [6.07, 6.45) is 10.6. The minimum Gasteiger partial charge on any atom is -0.265 e. The van der Waals surface area contributed by atoms with Crippen LogP contribution in [0.5, 0.6) is 0 Å². The van der Waals surface area contributed by atoms with Gasteiger partial charge in [0.05, 0.1) is 0 Å². The summed E-state index contributed by atoms with van der Waals surface area (Å²) in [6.45, 7) is 6.81. The summed E-state index contributed by atoms with van der Waals surface area (Å²) in [4.78, 5) is 4.54. The van der Waals surface area contributed by atoms with Gasteiger partial charge in [0.2, 0.25) is 0 Å². The number of nitrogens with zero attached hydrogens (tertiary/aromatic N) is 1. The zero-order chi connectivity index (χ0) is 10.9. The van der Waals surface area contributed by atoms with Crippen molar-refractivity contribution in [3.8, 4) is 0 Å². The quantitative estimate of drug-likeness (QED) is 0.608. The third-order valence-electron chi connectivity index (χ3n) is 3.39. The van der Waals surface area contributed by atoms with Gasteiger partial charge in [-0.05, 0) is 36.7 Å². The summed E-state index contributed by atoms with van der Waals surface area (Å²) in [7, 11) is 0. The van der Waals surface area contributed by atoms with Gasteiger partial charge in [0.25, 0.3) is 0 Å². The zero-order valence-electron chi connectivity index (χ0n) is 10.1. The molecule has 0 atom stereocenters. The monoisotopic (exact) mass is 203 g/mol. The van der Waals surface area contributed by atoms with Crippen molar-refractivity contribution >= 4 is 5.71 Å². The summed E-state index contributed by atoms with van der Waals surface area (Å²) in [5.74, 6) is 0. The normalized spacial score (nSPS) is 20.6. The molecule has 1 heteroatoms. The lowest BCUT2D eigenvalue weighted by molar-refractivity contribution is 0.498. The van der Waals surface area contributed by atoms with E-state index in [1.807, 2.05) is 0 Å². The Morgan fingerprint density at radius 1 is 1.27 bits per heavy atom. The number of aliphatic imine (C=N–C) groups is 1. The minimum atomic E-state index is 0.293. The number of rotatable bonds is 3. The van der Waals surface area contributed by atoms with Crippen molar-refractivity contribution in [2.24, 2.45) is 10.4 Å². The van der Waals surface area contributed by atoms with E-state index in [1.54, 1.807) is 5.57 Å². The van der Waals surface area contributed by atoms with Gasteiger partial charge in [-0.25, -0.2) is 0 Å². The van der Waals surface area contributed by atoms with Crippen LogP contribution in [-0.2, 0) is 0 Å². The maximum Gasteiger partial charge on any atom is 0.0268 e. The van der Waals surface area contributed by atoms with Crippen molar-refractivity contribution < 1.29 is 0 Å². The van der Waals surface area contributed by atoms with Crippen LogP contribution in [0.4, 0.5) is 0 Å². The van der Waals surface area contributed by atoms with E-state index in [-0.39, 0.29) is 0 Å². The maximum atomic E-state index is 4.54. The van der Waals surface area contributed by atoms with Crippen molar-refractivity contribution in [3.63, 3.8) is 0 Å². The van der Waals surface area contributed by atoms with E-state index < -0.39 is 0 Å². The van der Waals surface area contributed by atoms with Gasteiger partial charge in [0.15, 0.2) is 0 Å². The van der Waals surface area contributed by atoms with Crippen molar-refractivity contribution in [1.29, 1.82) is 0 Å². The maximum absolute atomic E-state index is 4.54. The molecule has 0 fully saturated rings. The Morgan fingerprint density at radius 2 is 2.00 bits per heavy atom. The molecule has 0 radical (unpaired) electrons. The van der Waals surface area contributed by atoms with E-state index in [4.69, 9.17) is 0 Å². The standard InChI is InChI=1S/C14H21N/c1-14(2,3)12-9-13(15-10-12)8-7-11-5-4-6-11/h5,10H,4,6-9H2,1-3H3. The molecular formula is C14H21N. The first-order chi connectivity index (χ1) is 7.05. The fraction of sp³-hybridized carbons (Fsp3) is 0.643. The molecule has 2 aliphatic rings. The molecule has 1 nitrogen and oxygen atoms in total. The van der Waals surface area contributed by atoms with Crippen molar-refractivity contribution in [2.45, 2.75) is 52.9 Å². The minimum absolute atomic E-state index is 0.293. The van der Waals surface area contributed by atoms with Gasteiger partial charge in [0.1, 0.15) is 0 Å². The van der Waals surface area contributed by atoms with E-state index in [0.717, 1.165) is 6.42 Å². The van der Waals surface area contributed by atoms with Crippen LogP contribution in [0.1, 0.15) is 52.9 Å². The topological polar surface area (TPSA) is 12.4 Å². The second-order valence-corrected chi connectivity index (χ2v) is 5.68. The van der Waals surface area contributed by atoms with Crippen LogP contribution in [0.3, 0.4) is 0 Å². The van der Waals surface area contributed by atoms with Gasteiger partial charge in [-0.1, -0.05) is 32.4 Å². The van der Waals surface area contributed by atoms with Gasteiger partial charge >= 0.3 is 0 Å². The molecule has 0 N–H and O–H groups in total. The molecule has 15 heavy (non-hydrogen) atoms. The predicted octanol–water partition coefficient (Wildman–Crippen LogP) is 4.26. The van der Waals surface area contributed by atoms with Crippen LogP contribution in [-0.4, -0.2) is 5.71 Å². The molecule has 2 rings (SSSR count). The molecule has 0 amide bonds. The van der Waals surface area contributed by atoms with Gasteiger partial charge in [-0.3, -0.25) is 4.99 Å². The lowest BCUT2D eigenvalue weighted by Gasteiger charge is -2.20. The number of hydrogen-bond acceptors (Lipinski definition) is 1. The summed E-state index contributed by atoms with van der Waals surface area (Å²) in [5.41, 5.74) is 4.80. The van der Waals surface area contributed by atoms with Crippen LogP contribution in [0, 0.1) is 5.41 Å². The van der Waals surface area contributed by atoms with E-state index >= 15 is 0 Å². The Labute approximate surface area is 93.0 Å². The highest BCUT2D eigenvalue weighted by molar-refractivity contribution is 5.89. The average molecular weight is 203 g/mol. The Kier molecular flexibility index (Phi) is 2.81. The lowest BCUT2D eigenvalue weighted by atomic mass is 9.84. The van der Waals surface area contributed by atoms with Gasteiger partial charge < -0.3 is 0 Å². The Bertz CT molecular complexity index is 337. The first-order valence-electron chi connectivity index (χ1n) is 5.99. The van der Waals surface area contributed by atoms with E-state index in [9.17, 15) is 0 Å². The van der Waals surface area contributed by atoms with Crippen LogP contribution < -0.4 is 0 Å². The molecule has 0 bridgehead atoms. The molecule has 0 aromatic rings. The molecule has 1 aliphatic heterocycles. The van der Waals surface area contributed by atoms with Gasteiger partial charge in [-0.15, -0.1) is 0 Å². The smallest absolute Gasteiger partial charge is 0.0268 e. The first kappa shape index (κ1) is 10.7. The van der Waals surface area contributed by atoms with Gasteiger partial charge in [-0.2, -0.15) is 0 Å². The molecule has 0 spiro atoms. The van der Waals surface area contributed by atoms with E-state index in [1.165, 1.54) is 37.0 Å². The molecule has 0 unspecified atom stereocenters. The van der Waals surface area contributed by atoms with E-state index in [2.05, 4.69) is 38.0 Å². The van der Waals surface area contributed by atoms with Crippen LogP contribution in [0.2, 0.25) is 0 Å². The number of hydrogen-bond donors (Lipinski definition) is 0. The highest BCUT2D eigenvalue weighted by Crippen LogP contribution is 2.33. The molecule has 1 aliphatic carbocycles. The Morgan fingerprint density at radius 3 is 2.47 bits per heavy atom. The Balaban J connectivity index is 1.79. The summed E-state index contributed by atoms with van der Waals surface area (Å²) < 4.78 is 0. The average Bonchev–Trinajstić information content (AvgIpc) is 2.48. The summed E-state index contributed by atoms with van der Waals surface area (Å²) in [5, 5.41) is 0. The van der Waals surface area contributed by atoms with Crippen molar-refractivity contribution in [1.82, 2.24) is 0 Å². The van der Waals surface area contributed by atoms with Crippen LogP contribution >= 0.6 is 0 Å². The second-order valence-electron chi connectivity index (χ2n) is 5.68. The molecule has 0 saturated heterocycles. The fourth-order valence-corrected chi connectivity index (χ4v) is 1.97. The van der Waals surface area contributed by atoms with Crippen molar-refractivity contribution in [2.75, 3.05) is 0 Å². The van der Waals surface area contributed by atoms with Gasteiger partial charge in [0, 0.05) is 18.3 Å². The molecule has 0 aromatic heterocycles. The molecule has 1 heterocycles. The summed E-state index contributed by atoms with van der Waals surface area (Å²) >= 11 is 0. The molecular weight excluding hydrogens is 182 g/mol. The first-order valence-corrected chi connectivity index (χ1v) is 5.99. The number of allylic oxidation sites excluding steroid dienone is 3. The van der Waals surface area contributed by atoms with Crippen LogP contribution in [0.25, 0.3) is 0 Å². The van der Waals surface area contributed by atoms with Crippen molar-refractivity contribution in [3.05, 3.63) is 23.4 Å². The SMILES string of the molecule is CC(C)(C)C1=CN=C(CCC2=CCC2)C1. The largest absolute Gasteiger partial charge is 0.265 e.